The van der Waals surface area contributed by atoms with E-state index in [-0.39, 0.29) is 11.8 Å². The van der Waals surface area contributed by atoms with E-state index in [1.165, 1.54) is 0 Å². The number of rotatable bonds is 3. The first-order chi connectivity index (χ1) is 15.6. The third kappa shape index (κ3) is 3.78. The number of carbonyl (C=O) groups is 2. The second-order valence-electron chi connectivity index (χ2n) is 8.04. The van der Waals surface area contributed by atoms with Gasteiger partial charge in [-0.15, -0.1) is 0 Å². The van der Waals surface area contributed by atoms with E-state index >= 15 is 0 Å². The number of carbonyl (C=O) groups excluding carboxylic acids is 2. The molecule has 1 saturated heterocycles. The van der Waals surface area contributed by atoms with Gasteiger partial charge in [-0.05, 0) is 55.7 Å². The summed E-state index contributed by atoms with van der Waals surface area (Å²) in [6.07, 6.45) is 1.68. The fraction of sp³-hybridized carbons (Fsp3) is 0.333. The first-order valence-electron chi connectivity index (χ1n) is 10.8. The van der Waals surface area contributed by atoms with Crippen LogP contribution in [0.15, 0.2) is 53.1 Å². The first-order valence-corrected chi connectivity index (χ1v) is 10.8. The Morgan fingerprint density at radius 2 is 1.88 bits per heavy atom. The molecule has 8 heteroatoms. The van der Waals surface area contributed by atoms with Crippen molar-refractivity contribution in [3.8, 4) is 0 Å². The summed E-state index contributed by atoms with van der Waals surface area (Å²) in [4.78, 5) is 34.3. The highest BCUT2D eigenvalue weighted by molar-refractivity contribution is 6.07. The largest absolute Gasteiger partial charge is 0.377 e. The van der Waals surface area contributed by atoms with Crippen LogP contribution < -0.4 is 4.90 Å². The van der Waals surface area contributed by atoms with E-state index in [0.717, 1.165) is 24.1 Å². The van der Waals surface area contributed by atoms with Crippen molar-refractivity contribution in [3.63, 3.8) is 0 Å². The molecule has 5 rings (SSSR count). The molecular formula is C24H24N4O4. The van der Waals surface area contributed by atoms with Gasteiger partial charge in [0.25, 0.3) is 17.7 Å². The zero-order valence-corrected chi connectivity index (χ0v) is 17.9. The fourth-order valence-corrected chi connectivity index (χ4v) is 4.34. The lowest BCUT2D eigenvalue weighted by molar-refractivity contribution is -0.0119. The second kappa shape index (κ2) is 8.55. The zero-order chi connectivity index (χ0) is 22.1. The maximum absolute atomic E-state index is 13.4. The molecule has 1 aromatic heterocycles. The van der Waals surface area contributed by atoms with Crippen molar-refractivity contribution in [2.24, 2.45) is 0 Å². The minimum atomic E-state index is -0.412. The molecule has 3 heterocycles. The maximum atomic E-state index is 13.4. The highest BCUT2D eigenvalue weighted by atomic mass is 16.5. The van der Waals surface area contributed by atoms with Crippen LogP contribution in [0.25, 0.3) is 0 Å². The number of amides is 2. The summed E-state index contributed by atoms with van der Waals surface area (Å²) in [5, 5.41) is 3.85. The number of ether oxygens (including phenoxy) is 1. The summed E-state index contributed by atoms with van der Waals surface area (Å²) >= 11 is 0. The topological polar surface area (TPSA) is 88.8 Å². The smallest absolute Gasteiger partial charge is 0.258 e. The Morgan fingerprint density at radius 3 is 2.66 bits per heavy atom. The average molecular weight is 432 g/mol. The SMILES string of the molecule is Cc1noc([C@@H]2COCCN2C(=O)c2ccc3c(c2)CCCN3C(=O)c2ccccc2)n1. The van der Waals surface area contributed by atoms with Crippen molar-refractivity contribution in [1.82, 2.24) is 15.0 Å². The molecule has 3 aromatic rings. The predicted molar refractivity (Wildman–Crippen MR) is 117 cm³/mol. The molecule has 0 aliphatic carbocycles. The molecule has 0 spiro atoms. The van der Waals surface area contributed by atoms with E-state index in [1.54, 1.807) is 22.8 Å². The van der Waals surface area contributed by atoms with E-state index in [9.17, 15) is 9.59 Å². The monoisotopic (exact) mass is 432 g/mol. The molecule has 2 aromatic carbocycles. The lowest BCUT2D eigenvalue weighted by Crippen LogP contribution is -2.43. The lowest BCUT2D eigenvalue weighted by Gasteiger charge is -2.34. The minimum Gasteiger partial charge on any atom is -0.377 e. The van der Waals surface area contributed by atoms with Gasteiger partial charge in [0.2, 0.25) is 0 Å². The lowest BCUT2D eigenvalue weighted by atomic mass is 9.97. The molecule has 2 amide bonds. The molecule has 8 nitrogen and oxygen atoms in total. The summed E-state index contributed by atoms with van der Waals surface area (Å²) in [6, 6.07) is 14.5. The molecule has 1 fully saturated rings. The van der Waals surface area contributed by atoms with Gasteiger partial charge >= 0.3 is 0 Å². The van der Waals surface area contributed by atoms with Gasteiger partial charge in [0, 0.05) is 29.9 Å². The Labute approximate surface area is 185 Å². The van der Waals surface area contributed by atoms with Gasteiger partial charge < -0.3 is 19.1 Å². The van der Waals surface area contributed by atoms with Crippen LogP contribution >= 0.6 is 0 Å². The standard InChI is InChI=1S/C24H24N4O4/c1-16-25-22(32-26-16)21-15-31-13-12-28(21)24(30)19-9-10-20-18(14-19)8-5-11-27(20)23(29)17-6-3-2-4-7-17/h2-4,6-7,9-10,14,21H,5,8,11-13,15H2,1H3/t21-/m0/s1. The van der Waals surface area contributed by atoms with Crippen LogP contribution in [0.1, 0.15) is 50.5 Å². The average Bonchev–Trinajstić information content (AvgIpc) is 3.29. The Bertz CT molecular complexity index is 1140. The maximum Gasteiger partial charge on any atom is 0.258 e. The van der Waals surface area contributed by atoms with Crippen molar-refractivity contribution in [1.29, 1.82) is 0 Å². The van der Waals surface area contributed by atoms with Crippen LogP contribution in [0.4, 0.5) is 5.69 Å². The molecular weight excluding hydrogens is 408 g/mol. The number of benzene rings is 2. The van der Waals surface area contributed by atoms with Crippen LogP contribution in [-0.2, 0) is 11.2 Å². The van der Waals surface area contributed by atoms with Gasteiger partial charge in [0.1, 0.15) is 6.04 Å². The molecule has 0 radical (unpaired) electrons. The van der Waals surface area contributed by atoms with Crippen molar-refractivity contribution >= 4 is 17.5 Å². The molecule has 32 heavy (non-hydrogen) atoms. The number of aryl methyl sites for hydroxylation is 2. The van der Waals surface area contributed by atoms with Crippen LogP contribution in [0.2, 0.25) is 0 Å². The van der Waals surface area contributed by atoms with Crippen molar-refractivity contribution in [2.45, 2.75) is 25.8 Å². The van der Waals surface area contributed by atoms with E-state index in [0.29, 0.717) is 49.1 Å². The molecule has 0 unspecified atom stereocenters. The van der Waals surface area contributed by atoms with Crippen LogP contribution in [0.5, 0.6) is 0 Å². The zero-order valence-electron chi connectivity index (χ0n) is 17.9. The normalized spacial score (nSPS) is 18.3. The summed E-state index contributed by atoms with van der Waals surface area (Å²) in [6.45, 7) is 3.63. The van der Waals surface area contributed by atoms with Crippen LogP contribution in [-0.4, -0.2) is 53.2 Å². The summed E-state index contributed by atoms with van der Waals surface area (Å²) in [5.41, 5.74) is 3.12. The van der Waals surface area contributed by atoms with Crippen LogP contribution in [0, 0.1) is 6.92 Å². The van der Waals surface area contributed by atoms with Gasteiger partial charge in [-0.25, -0.2) is 0 Å². The third-order valence-corrected chi connectivity index (χ3v) is 5.93. The number of hydrogen-bond donors (Lipinski definition) is 0. The van der Waals surface area contributed by atoms with Crippen molar-refractivity contribution < 1.29 is 18.8 Å². The molecule has 0 bridgehead atoms. The van der Waals surface area contributed by atoms with E-state index < -0.39 is 6.04 Å². The fourth-order valence-electron chi connectivity index (χ4n) is 4.34. The van der Waals surface area contributed by atoms with E-state index in [2.05, 4.69) is 10.1 Å². The molecule has 2 aliphatic rings. The summed E-state index contributed by atoms with van der Waals surface area (Å²) in [5.74, 6) is 0.775. The molecule has 2 aliphatic heterocycles. The number of hydrogen-bond acceptors (Lipinski definition) is 6. The van der Waals surface area contributed by atoms with Crippen LogP contribution in [0.3, 0.4) is 0 Å². The van der Waals surface area contributed by atoms with Crippen molar-refractivity contribution in [2.75, 3.05) is 31.2 Å². The number of morpholine rings is 1. The number of fused-ring (bicyclic) bond motifs is 1. The minimum absolute atomic E-state index is 0.0226. The third-order valence-electron chi connectivity index (χ3n) is 5.93. The number of nitrogens with zero attached hydrogens (tertiary/aromatic N) is 4. The Kier molecular flexibility index (Phi) is 5.45. The van der Waals surface area contributed by atoms with Gasteiger partial charge in [-0.2, -0.15) is 4.98 Å². The highest BCUT2D eigenvalue weighted by Gasteiger charge is 2.34. The van der Waals surface area contributed by atoms with E-state index in [4.69, 9.17) is 9.26 Å². The first kappa shape index (κ1) is 20.4. The van der Waals surface area contributed by atoms with Crippen molar-refractivity contribution in [3.05, 3.63) is 76.9 Å². The summed E-state index contributed by atoms with van der Waals surface area (Å²) in [7, 11) is 0. The number of anilines is 1. The Balaban J connectivity index is 1.42. The number of aromatic nitrogens is 2. The van der Waals surface area contributed by atoms with E-state index in [1.807, 2.05) is 42.5 Å². The summed E-state index contributed by atoms with van der Waals surface area (Å²) < 4.78 is 10.9. The quantitative estimate of drug-likeness (QED) is 0.632. The Morgan fingerprint density at radius 1 is 1.03 bits per heavy atom. The van der Waals surface area contributed by atoms with Gasteiger partial charge in [0.15, 0.2) is 5.82 Å². The molecule has 0 N–H and O–H groups in total. The predicted octanol–water partition coefficient (Wildman–Crippen LogP) is 3.18. The van der Waals surface area contributed by atoms with Gasteiger partial charge in [-0.1, -0.05) is 23.4 Å². The molecule has 1 atom stereocenters. The molecule has 164 valence electrons. The Hall–Kier alpha value is -3.52. The highest BCUT2D eigenvalue weighted by Crippen LogP contribution is 2.31. The molecule has 0 saturated carbocycles. The van der Waals surface area contributed by atoms with Gasteiger partial charge in [0.05, 0.1) is 13.2 Å². The van der Waals surface area contributed by atoms with Gasteiger partial charge in [-0.3, -0.25) is 9.59 Å². The second-order valence-corrected chi connectivity index (χ2v) is 8.04.